The minimum absolute atomic E-state index is 0.0531. The molecule has 0 unspecified atom stereocenters. The van der Waals surface area contributed by atoms with Gasteiger partial charge in [-0.05, 0) is 30.2 Å². The SMILES string of the molecule is COc1ccccc1OCC(=O)NCC(=O)N1CCc2ccccc21. The molecule has 0 atom stereocenters. The summed E-state index contributed by atoms with van der Waals surface area (Å²) in [6.07, 6.45) is 0.840. The minimum atomic E-state index is -0.355. The molecule has 6 heteroatoms. The van der Waals surface area contributed by atoms with Gasteiger partial charge >= 0.3 is 0 Å². The van der Waals surface area contributed by atoms with Crippen LogP contribution < -0.4 is 19.7 Å². The lowest BCUT2D eigenvalue weighted by atomic mass is 10.2. The molecule has 3 rings (SSSR count). The number of anilines is 1. The van der Waals surface area contributed by atoms with Gasteiger partial charge in [-0.1, -0.05) is 30.3 Å². The van der Waals surface area contributed by atoms with Gasteiger partial charge in [0.05, 0.1) is 13.7 Å². The van der Waals surface area contributed by atoms with Gasteiger partial charge in [0.15, 0.2) is 18.1 Å². The van der Waals surface area contributed by atoms with Crippen molar-refractivity contribution in [3.8, 4) is 11.5 Å². The lowest BCUT2D eigenvalue weighted by molar-refractivity contribution is -0.126. The van der Waals surface area contributed by atoms with Crippen molar-refractivity contribution in [1.29, 1.82) is 0 Å². The average molecular weight is 340 g/mol. The Bertz CT molecular complexity index is 776. The highest BCUT2D eigenvalue weighted by atomic mass is 16.5. The number of carbonyl (C=O) groups is 2. The molecule has 1 heterocycles. The Morgan fingerprint density at radius 3 is 2.60 bits per heavy atom. The first kappa shape index (κ1) is 16.8. The van der Waals surface area contributed by atoms with Crippen LogP contribution in [0.4, 0.5) is 5.69 Å². The third-order valence-electron chi connectivity index (χ3n) is 4.05. The van der Waals surface area contributed by atoms with Gasteiger partial charge in [0.1, 0.15) is 0 Å². The average Bonchev–Trinajstić information content (AvgIpc) is 3.09. The molecule has 0 saturated carbocycles. The van der Waals surface area contributed by atoms with Crippen LogP contribution in [0.1, 0.15) is 5.56 Å². The van der Waals surface area contributed by atoms with Crippen LogP contribution in [0.25, 0.3) is 0 Å². The first-order chi connectivity index (χ1) is 12.2. The number of hydrogen-bond donors (Lipinski definition) is 1. The predicted octanol–water partition coefficient (Wildman–Crippen LogP) is 1.78. The molecule has 0 aliphatic carbocycles. The maximum atomic E-state index is 12.3. The highest BCUT2D eigenvalue weighted by Crippen LogP contribution is 2.27. The van der Waals surface area contributed by atoms with Crippen LogP contribution in [0.5, 0.6) is 11.5 Å². The number of para-hydroxylation sites is 3. The zero-order valence-electron chi connectivity index (χ0n) is 14.0. The van der Waals surface area contributed by atoms with Crippen molar-refractivity contribution >= 4 is 17.5 Å². The van der Waals surface area contributed by atoms with E-state index in [-0.39, 0.29) is 25.0 Å². The second-order valence-corrected chi connectivity index (χ2v) is 5.64. The third-order valence-corrected chi connectivity index (χ3v) is 4.05. The molecule has 0 aromatic heterocycles. The van der Waals surface area contributed by atoms with Crippen molar-refractivity contribution in [1.82, 2.24) is 5.32 Å². The molecule has 0 radical (unpaired) electrons. The van der Waals surface area contributed by atoms with Crippen molar-refractivity contribution in [2.45, 2.75) is 6.42 Å². The number of methoxy groups -OCH3 is 1. The molecule has 25 heavy (non-hydrogen) atoms. The summed E-state index contributed by atoms with van der Waals surface area (Å²) in [5, 5.41) is 2.60. The zero-order valence-corrected chi connectivity index (χ0v) is 14.0. The quantitative estimate of drug-likeness (QED) is 0.870. The number of ether oxygens (including phenoxy) is 2. The summed E-state index contributed by atoms with van der Waals surface area (Å²) in [5.41, 5.74) is 2.08. The van der Waals surface area contributed by atoms with E-state index in [1.165, 1.54) is 7.11 Å². The number of nitrogens with zero attached hydrogens (tertiary/aromatic N) is 1. The Hall–Kier alpha value is -3.02. The Morgan fingerprint density at radius 2 is 1.80 bits per heavy atom. The number of rotatable bonds is 6. The zero-order chi connectivity index (χ0) is 17.6. The van der Waals surface area contributed by atoms with Gasteiger partial charge in [0.2, 0.25) is 5.91 Å². The molecule has 6 nitrogen and oxygen atoms in total. The molecule has 0 bridgehead atoms. The Balaban J connectivity index is 1.49. The fraction of sp³-hybridized carbons (Fsp3) is 0.263. The molecule has 1 N–H and O–H groups in total. The standard InChI is InChI=1S/C19H20N2O4/c1-24-16-8-4-5-9-17(16)25-13-18(22)20-12-19(23)21-11-10-14-6-2-3-7-15(14)21/h2-9H,10-13H2,1H3,(H,20,22). The number of amides is 2. The largest absolute Gasteiger partial charge is 0.493 e. The van der Waals surface area contributed by atoms with E-state index in [9.17, 15) is 9.59 Å². The summed E-state index contributed by atoms with van der Waals surface area (Å²) < 4.78 is 10.6. The molecule has 2 aromatic rings. The Labute approximate surface area is 146 Å². The van der Waals surface area contributed by atoms with Crippen LogP contribution in [0.15, 0.2) is 48.5 Å². The normalized spacial score (nSPS) is 12.4. The summed E-state index contributed by atoms with van der Waals surface area (Å²) in [6.45, 7) is 0.415. The van der Waals surface area contributed by atoms with E-state index in [1.807, 2.05) is 30.3 Å². The molecule has 130 valence electrons. The number of nitrogens with one attached hydrogen (secondary N) is 1. The Kier molecular flexibility index (Phi) is 5.18. The van der Waals surface area contributed by atoms with Crippen molar-refractivity contribution in [2.24, 2.45) is 0 Å². The minimum Gasteiger partial charge on any atom is -0.493 e. The molecular formula is C19H20N2O4. The van der Waals surface area contributed by atoms with E-state index >= 15 is 0 Å². The highest BCUT2D eigenvalue weighted by Gasteiger charge is 2.24. The van der Waals surface area contributed by atoms with E-state index in [4.69, 9.17) is 9.47 Å². The third kappa shape index (κ3) is 3.91. The van der Waals surface area contributed by atoms with Gasteiger partial charge in [0.25, 0.3) is 5.91 Å². The van der Waals surface area contributed by atoms with E-state index < -0.39 is 0 Å². The molecule has 1 aliphatic heterocycles. The van der Waals surface area contributed by atoms with Gasteiger partial charge in [-0.3, -0.25) is 9.59 Å². The summed E-state index contributed by atoms with van der Waals surface area (Å²) in [7, 11) is 1.54. The van der Waals surface area contributed by atoms with Gasteiger partial charge in [0, 0.05) is 12.2 Å². The maximum Gasteiger partial charge on any atom is 0.258 e. The van der Waals surface area contributed by atoms with Crippen LogP contribution in [0.3, 0.4) is 0 Å². The topological polar surface area (TPSA) is 67.9 Å². The van der Waals surface area contributed by atoms with Gasteiger partial charge < -0.3 is 19.7 Å². The van der Waals surface area contributed by atoms with Crippen LogP contribution in [0, 0.1) is 0 Å². The monoisotopic (exact) mass is 340 g/mol. The van der Waals surface area contributed by atoms with Crippen LogP contribution in [-0.4, -0.2) is 38.6 Å². The number of hydrogen-bond acceptors (Lipinski definition) is 4. The first-order valence-electron chi connectivity index (χ1n) is 8.10. The summed E-state index contributed by atoms with van der Waals surface area (Å²) in [6, 6.07) is 14.9. The van der Waals surface area contributed by atoms with Crippen molar-refractivity contribution in [3.05, 3.63) is 54.1 Å². The van der Waals surface area contributed by atoms with Crippen molar-refractivity contribution in [2.75, 3.05) is 31.7 Å². The second-order valence-electron chi connectivity index (χ2n) is 5.64. The highest BCUT2D eigenvalue weighted by molar-refractivity contribution is 5.98. The van der Waals surface area contributed by atoms with Crippen LogP contribution in [0.2, 0.25) is 0 Å². The van der Waals surface area contributed by atoms with Crippen molar-refractivity contribution < 1.29 is 19.1 Å². The van der Waals surface area contributed by atoms with E-state index in [2.05, 4.69) is 5.32 Å². The van der Waals surface area contributed by atoms with E-state index in [0.717, 1.165) is 17.7 Å². The second kappa shape index (κ2) is 7.70. The maximum absolute atomic E-state index is 12.3. The molecule has 0 saturated heterocycles. The molecular weight excluding hydrogens is 320 g/mol. The lowest BCUT2D eigenvalue weighted by Crippen LogP contribution is -2.40. The van der Waals surface area contributed by atoms with Crippen LogP contribution in [-0.2, 0) is 16.0 Å². The fourth-order valence-electron chi connectivity index (χ4n) is 2.80. The number of fused-ring (bicyclic) bond motifs is 1. The molecule has 2 aromatic carbocycles. The van der Waals surface area contributed by atoms with Crippen molar-refractivity contribution in [3.63, 3.8) is 0 Å². The molecule has 0 fully saturated rings. The van der Waals surface area contributed by atoms with Gasteiger partial charge in [-0.25, -0.2) is 0 Å². The van der Waals surface area contributed by atoms with E-state index in [1.54, 1.807) is 23.1 Å². The number of carbonyl (C=O) groups excluding carboxylic acids is 2. The molecule has 2 amide bonds. The fourth-order valence-corrected chi connectivity index (χ4v) is 2.80. The summed E-state index contributed by atoms with van der Waals surface area (Å²) in [4.78, 5) is 26.0. The van der Waals surface area contributed by atoms with E-state index in [0.29, 0.717) is 18.0 Å². The predicted molar refractivity (Wildman–Crippen MR) is 94.0 cm³/mol. The molecule has 1 aliphatic rings. The first-order valence-corrected chi connectivity index (χ1v) is 8.10. The lowest BCUT2D eigenvalue weighted by Gasteiger charge is -2.17. The molecule has 0 spiro atoms. The number of benzene rings is 2. The Morgan fingerprint density at radius 1 is 1.08 bits per heavy atom. The van der Waals surface area contributed by atoms with Gasteiger partial charge in [-0.15, -0.1) is 0 Å². The summed E-state index contributed by atoms with van der Waals surface area (Å²) in [5.74, 6) is 0.558. The van der Waals surface area contributed by atoms with Gasteiger partial charge in [-0.2, -0.15) is 0 Å². The van der Waals surface area contributed by atoms with Crippen LogP contribution >= 0.6 is 0 Å². The smallest absolute Gasteiger partial charge is 0.258 e. The summed E-state index contributed by atoms with van der Waals surface area (Å²) >= 11 is 0.